The quantitative estimate of drug-likeness (QED) is 0.793. The summed E-state index contributed by atoms with van der Waals surface area (Å²) in [5.41, 5.74) is 0.479. The van der Waals surface area contributed by atoms with Gasteiger partial charge in [0, 0.05) is 6.04 Å². The Kier molecular flexibility index (Phi) is 4.48. The summed E-state index contributed by atoms with van der Waals surface area (Å²) in [6.07, 6.45) is 9.95. The first-order valence-electron chi connectivity index (χ1n) is 7.49. The van der Waals surface area contributed by atoms with E-state index in [1.807, 2.05) is 0 Å². The van der Waals surface area contributed by atoms with E-state index >= 15 is 0 Å². The van der Waals surface area contributed by atoms with E-state index in [-0.39, 0.29) is 6.10 Å². The molecule has 0 amide bonds. The van der Waals surface area contributed by atoms with Crippen molar-refractivity contribution in [1.29, 1.82) is 0 Å². The second kappa shape index (κ2) is 5.71. The van der Waals surface area contributed by atoms with Gasteiger partial charge in [0.2, 0.25) is 0 Å². The molecule has 0 saturated heterocycles. The van der Waals surface area contributed by atoms with Crippen LogP contribution in [0.5, 0.6) is 0 Å². The number of nitrogens with one attached hydrogen (secondary N) is 1. The second-order valence-electron chi connectivity index (χ2n) is 6.87. The standard InChI is InChI=1S/C15H29NO/c1-15(2)10-4-3-5-14(15)16-11-12-6-8-13(17)9-7-12/h12-14,16-17H,3-11H2,1-2H3. The third kappa shape index (κ3) is 3.69. The Morgan fingerprint density at radius 1 is 1.06 bits per heavy atom. The minimum Gasteiger partial charge on any atom is -0.393 e. The maximum Gasteiger partial charge on any atom is 0.0540 e. The Morgan fingerprint density at radius 3 is 2.41 bits per heavy atom. The number of hydrogen-bond acceptors (Lipinski definition) is 2. The normalized spacial score (nSPS) is 37.9. The molecular weight excluding hydrogens is 210 g/mol. The van der Waals surface area contributed by atoms with E-state index in [9.17, 15) is 5.11 Å². The van der Waals surface area contributed by atoms with Crippen molar-refractivity contribution >= 4 is 0 Å². The zero-order valence-corrected chi connectivity index (χ0v) is 11.5. The van der Waals surface area contributed by atoms with Crippen molar-refractivity contribution in [2.45, 2.75) is 77.4 Å². The summed E-state index contributed by atoms with van der Waals surface area (Å²) in [5, 5.41) is 13.3. The molecule has 2 N–H and O–H groups in total. The average molecular weight is 239 g/mol. The summed E-state index contributed by atoms with van der Waals surface area (Å²) in [7, 11) is 0. The minimum atomic E-state index is -0.0163. The van der Waals surface area contributed by atoms with Crippen LogP contribution in [0.2, 0.25) is 0 Å². The van der Waals surface area contributed by atoms with E-state index in [0.717, 1.165) is 18.8 Å². The molecule has 2 fully saturated rings. The minimum absolute atomic E-state index is 0.0163. The predicted octanol–water partition coefficient (Wildman–Crippen LogP) is 3.10. The lowest BCUT2D eigenvalue weighted by molar-refractivity contribution is 0.101. The van der Waals surface area contributed by atoms with Gasteiger partial charge in [-0.25, -0.2) is 0 Å². The molecule has 0 aromatic heterocycles. The van der Waals surface area contributed by atoms with Gasteiger partial charge in [-0.2, -0.15) is 0 Å². The largest absolute Gasteiger partial charge is 0.393 e. The summed E-state index contributed by atoms with van der Waals surface area (Å²) in [6, 6.07) is 0.711. The van der Waals surface area contributed by atoms with Crippen molar-refractivity contribution in [2.24, 2.45) is 11.3 Å². The fraction of sp³-hybridized carbons (Fsp3) is 1.00. The zero-order valence-electron chi connectivity index (χ0n) is 11.5. The van der Waals surface area contributed by atoms with Gasteiger partial charge < -0.3 is 10.4 Å². The van der Waals surface area contributed by atoms with Gasteiger partial charge in [0.25, 0.3) is 0 Å². The van der Waals surface area contributed by atoms with Crippen molar-refractivity contribution in [3.63, 3.8) is 0 Å². The van der Waals surface area contributed by atoms with E-state index in [1.54, 1.807) is 0 Å². The van der Waals surface area contributed by atoms with E-state index < -0.39 is 0 Å². The molecule has 0 heterocycles. The third-order valence-electron chi connectivity index (χ3n) is 4.98. The molecule has 0 aliphatic heterocycles. The average Bonchev–Trinajstić information content (AvgIpc) is 2.29. The predicted molar refractivity (Wildman–Crippen MR) is 72.0 cm³/mol. The monoisotopic (exact) mass is 239 g/mol. The molecule has 100 valence electrons. The van der Waals surface area contributed by atoms with Gasteiger partial charge in [-0.1, -0.05) is 26.7 Å². The van der Waals surface area contributed by atoms with Gasteiger partial charge >= 0.3 is 0 Å². The number of aliphatic hydroxyl groups is 1. The van der Waals surface area contributed by atoms with Gasteiger partial charge in [-0.05, 0) is 56.4 Å². The fourth-order valence-corrected chi connectivity index (χ4v) is 3.53. The van der Waals surface area contributed by atoms with Gasteiger partial charge in [-0.15, -0.1) is 0 Å². The van der Waals surface area contributed by atoms with Crippen LogP contribution in [-0.4, -0.2) is 23.8 Å². The molecule has 0 aromatic rings. The smallest absolute Gasteiger partial charge is 0.0540 e. The molecule has 1 atom stereocenters. The lowest BCUT2D eigenvalue weighted by atomic mass is 9.73. The van der Waals surface area contributed by atoms with E-state index in [2.05, 4.69) is 19.2 Å². The van der Waals surface area contributed by atoms with Crippen LogP contribution in [0, 0.1) is 11.3 Å². The van der Waals surface area contributed by atoms with Crippen molar-refractivity contribution in [3.05, 3.63) is 0 Å². The molecule has 2 heteroatoms. The molecule has 2 aliphatic rings. The van der Waals surface area contributed by atoms with Crippen molar-refractivity contribution in [2.75, 3.05) is 6.54 Å². The lowest BCUT2D eigenvalue weighted by Crippen LogP contribution is -2.46. The first-order chi connectivity index (χ1) is 8.08. The summed E-state index contributed by atoms with van der Waals surface area (Å²) in [5.74, 6) is 0.802. The summed E-state index contributed by atoms with van der Waals surface area (Å²) in [4.78, 5) is 0. The Hall–Kier alpha value is -0.0800. The lowest BCUT2D eigenvalue weighted by Gasteiger charge is -2.40. The fourth-order valence-electron chi connectivity index (χ4n) is 3.53. The highest BCUT2D eigenvalue weighted by molar-refractivity contribution is 4.88. The second-order valence-corrected chi connectivity index (χ2v) is 6.87. The van der Waals surface area contributed by atoms with Gasteiger partial charge in [0.15, 0.2) is 0 Å². The number of rotatable bonds is 3. The van der Waals surface area contributed by atoms with E-state index in [1.165, 1.54) is 45.1 Å². The number of hydrogen-bond donors (Lipinski definition) is 2. The first-order valence-corrected chi connectivity index (χ1v) is 7.49. The molecule has 0 radical (unpaired) electrons. The first kappa shape index (κ1) is 13.4. The van der Waals surface area contributed by atoms with Crippen LogP contribution in [0.1, 0.15) is 65.2 Å². The topological polar surface area (TPSA) is 32.3 Å². The SMILES string of the molecule is CC1(C)CCCCC1NCC1CCC(O)CC1. The Bertz CT molecular complexity index is 231. The molecule has 0 bridgehead atoms. The molecular formula is C15H29NO. The molecule has 0 aromatic carbocycles. The Balaban J connectivity index is 1.73. The summed E-state index contributed by atoms with van der Waals surface area (Å²) < 4.78 is 0. The molecule has 17 heavy (non-hydrogen) atoms. The van der Waals surface area contributed by atoms with Crippen LogP contribution in [0.25, 0.3) is 0 Å². The Morgan fingerprint density at radius 2 is 1.76 bits per heavy atom. The van der Waals surface area contributed by atoms with Crippen LogP contribution >= 0.6 is 0 Å². The highest BCUT2D eigenvalue weighted by atomic mass is 16.3. The number of aliphatic hydroxyl groups excluding tert-OH is 1. The van der Waals surface area contributed by atoms with Crippen molar-refractivity contribution < 1.29 is 5.11 Å². The molecule has 0 spiro atoms. The van der Waals surface area contributed by atoms with Crippen LogP contribution in [0.15, 0.2) is 0 Å². The van der Waals surface area contributed by atoms with Crippen LogP contribution in [-0.2, 0) is 0 Å². The Labute approximate surface area is 106 Å². The van der Waals surface area contributed by atoms with Gasteiger partial charge in [-0.3, -0.25) is 0 Å². The molecule has 2 rings (SSSR count). The van der Waals surface area contributed by atoms with Gasteiger partial charge in [0.1, 0.15) is 0 Å². The van der Waals surface area contributed by atoms with Gasteiger partial charge in [0.05, 0.1) is 6.10 Å². The van der Waals surface area contributed by atoms with Crippen LogP contribution in [0.4, 0.5) is 0 Å². The van der Waals surface area contributed by atoms with E-state index in [4.69, 9.17) is 0 Å². The van der Waals surface area contributed by atoms with Crippen molar-refractivity contribution in [3.8, 4) is 0 Å². The molecule has 2 aliphatic carbocycles. The van der Waals surface area contributed by atoms with E-state index in [0.29, 0.717) is 11.5 Å². The highest BCUT2D eigenvalue weighted by Gasteiger charge is 2.32. The summed E-state index contributed by atoms with van der Waals surface area (Å²) in [6.45, 7) is 5.99. The van der Waals surface area contributed by atoms with Crippen LogP contribution in [0.3, 0.4) is 0 Å². The molecule has 2 saturated carbocycles. The summed E-state index contributed by atoms with van der Waals surface area (Å²) >= 11 is 0. The zero-order chi connectivity index (χ0) is 12.3. The van der Waals surface area contributed by atoms with Crippen LogP contribution < -0.4 is 5.32 Å². The van der Waals surface area contributed by atoms with Crippen molar-refractivity contribution in [1.82, 2.24) is 5.32 Å². The molecule has 1 unspecified atom stereocenters. The highest BCUT2D eigenvalue weighted by Crippen LogP contribution is 2.35. The third-order valence-corrected chi connectivity index (χ3v) is 4.98. The maximum atomic E-state index is 9.51. The maximum absolute atomic E-state index is 9.51. The molecule has 2 nitrogen and oxygen atoms in total.